The van der Waals surface area contributed by atoms with Gasteiger partial charge >= 0.3 is 5.97 Å². The third kappa shape index (κ3) is 2.28. The Balaban J connectivity index is 2.43. The number of ether oxygens (including phenoxy) is 1. The van der Waals surface area contributed by atoms with Crippen LogP contribution in [0, 0.1) is 17.3 Å². The molecule has 0 unspecified atom stereocenters. The second-order valence-corrected chi connectivity index (χ2v) is 6.31. The second-order valence-electron chi connectivity index (χ2n) is 6.31. The Kier molecular flexibility index (Phi) is 2.88. The highest BCUT2D eigenvalue weighted by Gasteiger charge is 2.42. The van der Waals surface area contributed by atoms with E-state index in [2.05, 4.69) is 13.8 Å². The molecule has 0 fully saturated rings. The summed E-state index contributed by atoms with van der Waals surface area (Å²) in [6, 6.07) is 0. The number of Topliss-reactive ketones (excluding diaryl/α,β-unsaturated/α-hetero) is 1. The maximum absolute atomic E-state index is 12.2. The van der Waals surface area contributed by atoms with Crippen molar-refractivity contribution in [2.24, 2.45) is 17.3 Å². The van der Waals surface area contributed by atoms with Gasteiger partial charge in [0.1, 0.15) is 5.76 Å². The highest BCUT2D eigenvalue weighted by atomic mass is 16.5. The first-order valence-electron chi connectivity index (χ1n) is 6.27. The maximum Gasteiger partial charge on any atom is 0.311 e. The quantitative estimate of drug-likeness (QED) is 0.657. The van der Waals surface area contributed by atoms with Gasteiger partial charge in [-0.2, -0.15) is 0 Å². The molecule has 3 heteroatoms. The molecule has 1 heterocycles. The van der Waals surface area contributed by atoms with Gasteiger partial charge in [-0.1, -0.05) is 27.7 Å². The van der Waals surface area contributed by atoms with Crippen LogP contribution in [0.1, 0.15) is 47.0 Å². The Morgan fingerprint density at radius 3 is 2.47 bits per heavy atom. The summed E-state index contributed by atoms with van der Waals surface area (Å²) in [6.07, 6.45) is 1.61. The number of ketones is 1. The Hall–Kier alpha value is -1.12. The maximum atomic E-state index is 12.2. The SMILES string of the molecule is CC(C)[C@H]1CC(=O)OC2=C1C(=O)CC(C)(C)C2. The molecule has 3 nitrogen and oxygen atoms in total. The third-order valence-corrected chi connectivity index (χ3v) is 3.68. The summed E-state index contributed by atoms with van der Waals surface area (Å²) in [5.74, 6) is 0.976. The molecule has 0 saturated carbocycles. The number of esters is 1. The van der Waals surface area contributed by atoms with E-state index < -0.39 is 0 Å². The van der Waals surface area contributed by atoms with Crippen LogP contribution >= 0.6 is 0 Å². The smallest absolute Gasteiger partial charge is 0.311 e. The molecule has 2 aliphatic rings. The van der Waals surface area contributed by atoms with Gasteiger partial charge in [0, 0.05) is 24.3 Å². The molecule has 0 radical (unpaired) electrons. The average Bonchev–Trinajstić information content (AvgIpc) is 2.12. The number of carbonyl (C=O) groups excluding carboxylic acids is 2. The molecule has 0 aromatic rings. The molecule has 0 bridgehead atoms. The van der Waals surface area contributed by atoms with E-state index in [1.54, 1.807) is 0 Å². The van der Waals surface area contributed by atoms with E-state index in [9.17, 15) is 9.59 Å². The fourth-order valence-electron chi connectivity index (χ4n) is 2.81. The minimum atomic E-state index is -0.187. The Bertz CT molecular complexity index is 402. The van der Waals surface area contributed by atoms with Crippen LogP contribution in [0.3, 0.4) is 0 Å². The first-order chi connectivity index (χ1) is 7.80. The van der Waals surface area contributed by atoms with E-state index >= 15 is 0 Å². The average molecular weight is 236 g/mol. The lowest BCUT2D eigenvalue weighted by atomic mass is 9.70. The van der Waals surface area contributed by atoms with Crippen LogP contribution in [-0.2, 0) is 14.3 Å². The fourth-order valence-corrected chi connectivity index (χ4v) is 2.81. The van der Waals surface area contributed by atoms with Crippen LogP contribution < -0.4 is 0 Å². The zero-order valence-corrected chi connectivity index (χ0v) is 11.0. The van der Waals surface area contributed by atoms with E-state index in [1.165, 1.54) is 0 Å². The van der Waals surface area contributed by atoms with Gasteiger partial charge in [-0.15, -0.1) is 0 Å². The first kappa shape index (κ1) is 12.3. The van der Waals surface area contributed by atoms with E-state index in [0.717, 1.165) is 5.57 Å². The summed E-state index contributed by atoms with van der Waals surface area (Å²) in [5, 5.41) is 0. The molecule has 17 heavy (non-hydrogen) atoms. The molecule has 94 valence electrons. The lowest BCUT2D eigenvalue weighted by molar-refractivity contribution is -0.144. The van der Waals surface area contributed by atoms with Crippen molar-refractivity contribution in [3.05, 3.63) is 11.3 Å². The normalized spacial score (nSPS) is 28.2. The van der Waals surface area contributed by atoms with Crippen molar-refractivity contribution in [1.29, 1.82) is 0 Å². The molecule has 2 rings (SSSR count). The summed E-state index contributed by atoms with van der Waals surface area (Å²) < 4.78 is 5.30. The van der Waals surface area contributed by atoms with Crippen LogP contribution in [0.15, 0.2) is 11.3 Å². The largest absolute Gasteiger partial charge is 0.431 e. The highest BCUT2D eigenvalue weighted by molar-refractivity contribution is 5.99. The van der Waals surface area contributed by atoms with E-state index in [1.807, 2.05) is 13.8 Å². The van der Waals surface area contributed by atoms with Gasteiger partial charge in [0.25, 0.3) is 0 Å². The molecule has 1 aliphatic heterocycles. The lowest BCUT2D eigenvalue weighted by Crippen LogP contribution is -2.36. The highest BCUT2D eigenvalue weighted by Crippen LogP contribution is 2.44. The molecule has 0 aromatic heterocycles. The van der Waals surface area contributed by atoms with Gasteiger partial charge in [0.15, 0.2) is 5.78 Å². The molecule has 0 N–H and O–H groups in total. The Morgan fingerprint density at radius 2 is 1.88 bits per heavy atom. The zero-order chi connectivity index (χ0) is 12.8. The van der Waals surface area contributed by atoms with Crippen molar-refractivity contribution in [3.8, 4) is 0 Å². The third-order valence-electron chi connectivity index (χ3n) is 3.68. The first-order valence-corrected chi connectivity index (χ1v) is 6.27. The molecule has 1 atom stereocenters. The standard InChI is InChI=1S/C14H20O3/c1-8(2)9-5-12(16)17-11-7-14(3,4)6-10(15)13(9)11/h8-9H,5-7H2,1-4H3/t9-/m1/s1. The van der Waals surface area contributed by atoms with Crippen LogP contribution in [0.5, 0.6) is 0 Å². The minimum Gasteiger partial charge on any atom is -0.431 e. The lowest BCUT2D eigenvalue weighted by Gasteiger charge is -2.37. The van der Waals surface area contributed by atoms with Gasteiger partial charge < -0.3 is 4.74 Å². The Morgan fingerprint density at radius 1 is 1.24 bits per heavy atom. The van der Waals surface area contributed by atoms with Crippen molar-refractivity contribution in [1.82, 2.24) is 0 Å². The summed E-state index contributed by atoms with van der Waals surface area (Å²) in [5.41, 5.74) is 0.702. The van der Waals surface area contributed by atoms with Crippen molar-refractivity contribution in [2.75, 3.05) is 0 Å². The van der Waals surface area contributed by atoms with E-state index in [4.69, 9.17) is 4.74 Å². The zero-order valence-electron chi connectivity index (χ0n) is 11.0. The van der Waals surface area contributed by atoms with Crippen LogP contribution in [-0.4, -0.2) is 11.8 Å². The van der Waals surface area contributed by atoms with Crippen molar-refractivity contribution >= 4 is 11.8 Å². The molecular weight excluding hydrogens is 216 g/mol. The number of carbonyl (C=O) groups is 2. The van der Waals surface area contributed by atoms with Crippen LogP contribution in [0.25, 0.3) is 0 Å². The van der Waals surface area contributed by atoms with Crippen LogP contribution in [0.2, 0.25) is 0 Å². The minimum absolute atomic E-state index is 0.0508. The predicted octanol–water partition coefficient (Wildman–Crippen LogP) is 2.85. The summed E-state index contributed by atoms with van der Waals surface area (Å²) in [4.78, 5) is 23.8. The van der Waals surface area contributed by atoms with Crippen molar-refractivity contribution < 1.29 is 14.3 Å². The summed E-state index contributed by atoms with van der Waals surface area (Å²) in [6.45, 7) is 8.20. The van der Waals surface area contributed by atoms with Crippen molar-refractivity contribution in [3.63, 3.8) is 0 Å². The van der Waals surface area contributed by atoms with Gasteiger partial charge in [-0.05, 0) is 11.3 Å². The van der Waals surface area contributed by atoms with Gasteiger partial charge in [-0.25, -0.2) is 0 Å². The number of allylic oxidation sites excluding steroid dienone is 2. The summed E-state index contributed by atoms with van der Waals surface area (Å²) >= 11 is 0. The number of hydrogen-bond donors (Lipinski definition) is 0. The van der Waals surface area contributed by atoms with Gasteiger partial charge in [-0.3, -0.25) is 9.59 Å². The fraction of sp³-hybridized carbons (Fsp3) is 0.714. The van der Waals surface area contributed by atoms with E-state index in [-0.39, 0.29) is 23.1 Å². The van der Waals surface area contributed by atoms with Crippen LogP contribution in [0.4, 0.5) is 0 Å². The number of rotatable bonds is 1. The molecule has 0 amide bonds. The molecule has 1 aliphatic carbocycles. The molecule has 0 aromatic carbocycles. The van der Waals surface area contributed by atoms with Gasteiger partial charge in [0.05, 0.1) is 6.42 Å². The topological polar surface area (TPSA) is 43.4 Å². The summed E-state index contributed by atoms with van der Waals surface area (Å²) in [7, 11) is 0. The molecule has 0 saturated heterocycles. The monoisotopic (exact) mass is 236 g/mol. The van der Waals surface area contributed by atoms with E-state index in [0.29, 0.717) is 30.9 Å². The van der Waals surface area contributed by atoms with Crippen molar-refractivity contribution in [2.45, 2.75) is 47.0 Å². The number of hydrogen-bond acceptors (Lipinski definition) is 3. The Labute approximate surface area is 102 Å². The second kappa shape index (κ2) is 3.97. The molecular formula is C14H20O3. The van der Waals surface area contributed by atoms with Gasteiger partial charge in [0.2, 0.25) is 0 Å². The molecule has 0 spiro atoms. The predicted molar refractivity (Wildman–Crippen MR) is 64.1 cm³/mol.